The first-order valence-corrected chi connectivity index (χ1v) is 5.80. The molecule has 0 bridgehead atoms. The Labute approximate surface area is 104 Å². The molecule has 2 N–H and O–H groups in total. The van der Waals surface area contributed by atoms with Gasteiger partial charge >= 0.3 is 0 Å². The highest BCUT2D eigenvalue weighted by molar-refractivity contribution is 5.85. The van der Waals surface area contributed by atoms with Crippen LogP contribution in [0.4, 0.5) is 0 Å². The first kappa shape index (κ1) is 13.8. The second kappa shape index (κ2) is 3.88. The van der Waals surface area contributed by atoms with Gasteiger partial charge in [-0.25, -0.2) is 0 Å². The van der Waals surface area contributed by atoms with Gasteiger partial charge in [-0.05, 0) is 31.1 Å². The van der Waals surface area contributed by atoms with Crippen LogP contribution in [0.1, 0.15) is 27.7 Å². The van der Waals surface area contributed by atoms with E-state index in [0.29, 0.717) is 12.0 Å². The molecule has 2 unspecified atom stereocenters. The summed E-state index contributed by atoms with van der Waals surface area (Å²) in [7, 11) is 0. The molecule has 0 radical (unpaired) electrons. The number of nitrogens with zero attached hydrogens (tertiary/aromatic N) is 1. The van der Waals surface area contributed by atoms with Gasteiger partial charge in [-0.15, -0.1) is 12.4 Å². The van der Waals surface area contributed by atoms with E-state index < -0.39 is 0 Å². The third-order valence-electron chi connectivity index (χ3n) is 4.50. The van der Waals surface area contributed by atoms with Crippen LogP contribution in [-0.2, 0) is 4.79 Å². The number of carbonyl (C=O) groups excluding carboxylic acids is 1. The molecular weight excluding hydrogens is 224 g/mol. The summed E-state index contributed by atoms with van der Waals surface area (Å²) in [6, 6.07) is 0. The standard InChI is InChI=1S/C12H22N2O.ClH/c1-11(2,7-13)10(15)14-5-8-9(6-14)12(8,3)4;/h8-9H,5-7,13H2,1-4H3;1H. The van der Waals surface area contributed by atoms with Crippen molar-refractivity contribution in [3.8, 4) is 0 Å². The van der Waals surface area contributed by atoms with E-state index in [9.17, 15) is 4.79 Å². The maximum atomic E-state index is 12.1. The summed E-state index contributed by atoms with van der Waals surface area (Å²) in [6.07, 6.45) is 0. The van der Waals surface area contributed by atoms with Gasteiger partial charge in [-0.2, -0.15) is 0 Å². The second-order valence-corrected chi connectivity index (χ2v) is 6.33. The maximum Gasteiger partial charge on any atom is 0.229 e. The molecule has 16 heavy (non-hydrogen) atoms. The summed E-state index contributed by atoms with van der Waals surface area (Å²) in [5, 5.41) is 0. The SMILES string of the molecule is CC(C)(CN)C(=O)N1CC2C(C1)C2(C)C.Cl. The minimum Gasteiger partial charge on any atom is -0.342 e. The quantitative estimate of drug-likeness (QED) is 0.803. The van der Waals surface area contributed by atoms with E-state index >= 15 is 0 Å². The lowest BCUT2D eigenvalue weighted by Gasteiger charge is -2.30. The topological polar surface area (TPSA) is 46.3 Å². The Balaban J connectivity index is 0.00000128. The minimum absolute atomic E-state index is 0. The molecule has 1 amide bonds. The molecule has 2 rings (SSSR count). The lowest BCUT2D eigenvalue weighted by molar-refractivity contribution is -0.139. The Morgan fingerprint density at radius 2 is 1.81 bits per heavy atom. The fraction of sp³-hybridized carbons (Fsp3) is 0.917. The first-order valence-electron chi connectivity index (χ1n) is 5.80. The van der Waals surface area contributed by atoms with Gasteiger partial charge in [0, 0.05) is 19.6 Å². The largest absolute Gasteiger partial charge is 0.342 e. The molecule has 1 aliphatic carbocycles. The van der Waals surface area contributed by atoms with Crippen molar-refractivity contribution in [2.24, 2.45) is 28.4 Å². The Morgan fingerprint density at radius 3 is 2.19 bits per heavy atom. The fourth-order valence-electron chi connectivity index (χ4n) is 2.81. The molecule has 2 aliphatic rings. The Kier molecular flexibility index (Phi) is 3.34. The van der Waals surface area contributed by atoms with Crippen molar-refractivity contribution in [1.82, 2.24) is 4.90 Å². The van der Waals surface area contributed by atoms with E-state index in [1.807, 2.05) is 18.7 Å². The number of carbonyl (C=O) groups is 1. The number of hydrogen-bond acceptors (Lipinski definition) is 2. The minimum atomic E-state index is -0.388. The third-order valence-corrected chi connectivity index (χ3v) is 4.50. The van der Waals surface area contributed by atoms with Crippen molar-refractivity contribution < 1.29 is 4.79 Å². The van der Waals surface area contributed by atoms with Crippen LogP contribution >= 0.6 is 12.4 Å². The second-order valence-electron chi connectivity index (χ2n) is 6.33. The number of nitrogens with two attached hydrogens (primary N) is 1. The van der Waals surface area contributed by atoms with Crippen LogP contribution in [0, 0.1) is 22.7 Å². The van der Waals surface area contributed by atoms with E-state index in [1.54, 1.807) is 0 Å². The number of likely N-dealkylation sites (tertiary alicyclic amines) is 1. The summed E-state index contributed by atoms with van der Waals surface area (Å²) in [6.45, 7) is 10.8. The van der Waals surface area contributed by atoms with E-state index in [-0.39, 0.29) is 23.7 Å². The summed E-state index contributed by atoms with van der Waals surface area (Å²) in [4.78, 5) is 14.1. The van der Waals surface area contributed by atoms with Gasteiger partial charge in [-0.1, -0.05) is 13.8 Å². The predicted octanol–water partition coefficient (Wildman–Crippen LogP) is 1.51. The highest BCUT2D eigenvalue weighted by atomic mass is 35.5. The van der Waals surface area contributed by atoms with Gasteiger partial charge in [0.2, 0.25) is 5.91 Å². The Hall–Kier alpha value is -0.280. The van der Waals surface area contributed by atoms with Crippen LogP contribution in [0.5, 0.6) is 0 Å². The molecule has 0 aromatic rings. The van der Waals surface area contributed by atoms with Crippen LogP contribution in [-0.4, -0.2) is 30.4 Å². The molecule has 2 fully saturated rings. The molecule has 1 saturated carbocycles. The number of rotatable bonds is 2. The van der Waals surface area contributed by atoms with E-state index in [4.69, 9.17) is 5.73 Å². The van der Waals surface area contributed by atoms with E-state index in [0.717, 1.165) is 24.9 Å². The summed E-state index contributed by atoms with van der Waals surface area (Å²) in [5.74, 6) is 1.69. The number of piperidine rings is 1. The molecule has 94 valence electrons. The molecule has 1 aliphatic heterocycles. The highest BCUT2D eigenvalue weighted by Gasteiger charge is 2.63. The van der Waals surface area contributed by atoms with Crippen LogP contribution in [0.3, 0.4) is 0 Å². The molecule has 3 nitrogen and oxygen atoms in total. The zero-order chi connectivity index (χ0) is 11.4. The van der Waals surface area contributed by atoms with Crippen LogP contribution < -0.4 is 5.73 Å². The summed E-state index contributed by atoms with van der Waals surface area (Å²) >= 11 is 0. The molecular formula is C12H23ClN2O. The molecule has 0 aromatic carbocycles. The molecule has 4 heteroatoms. The van der Waals surface area contributed by atoms with Gasteiger partial charge < -0.3 is 10.6 Å². The molecule has 0 spiro atoms. The number of halogens is 1. The van der Waals surface area contributed by atoms with Gasteiger partial charge in [-0.3, -0.25) is 4.79 Å². The third kappa shape index (κ3) is 1.84. The van der Waals surface area contributed by atoms with Gasteiger partial charge in [0.15, 0.2) is 0 Å². The average molecular weight is 247 g/mol. The first-order chi connectivity index (χ1) is 6.80. The molecule has 1 heterocycles. The Bertz CT molecular complexity index is 287. The lowest BCUT2D eigenvalue weighted by atomic mass is 9.91. The van der Waals surface area contributed by atoms with Gasteiger partial charge in [0.05, 0.1) is 5.41 Å². The van der Waals surface area contributed by atoms with Crippen molar-refractivity contribution in [1.29, 1.82) is 0 Å². The number of fused-ring (bicyclic) bond motifs is 1. The zero-order valence-electron chi connectivity index (χ0n) is 10.6. The van der Waals surface area contributed by atoms with Crippen molar-refractivity contribution in [3.63, 3.8) is 0 Å². The fourth-order valence-corrected chi connectivity index (χ4v) is 2.81. The van der Waals surface area contributed by atoms with Crippen LogP contribution in [0.2, 0.25) is 0 Å². The zero-order valence-corrected chi connectivity index (χ0v) is 11.4. The van der Waals surface area contributed by atoms with E-state index in [2.05, 4.69) is 13.8 Å². The van der Waals surface area contributed by atoms with Gasteiger partial charge in [0.1, 0.15) is 0 Å². The van der Waals surface area contributed by atoms with Crippen molar-refractivity contribution in [2.45, 2.75) is 27.7 Å². The monoisotopic (exact) mass is 246 g/mol. The number of hydrogen-bond donors (Lipinski definition) is 1. The summed E-state index contributed by atoms with van der Waals surface area (Å²) in [5.41, 5.74) is 5.71. The lowest BCUT2D eigenvalue weighted by Crippen LogP contribution is -2.45. The summed E-state index contributed by atoms with van der Waals surface area (Å²) < 4.78 is 0. The number of amides is 1. The smallest absolute Gasteiger partial charge is 0.229 e. The van der Waals surface area contributed by atoms with Crippen LogP contribution in [0.25, 0.3) is 0 Å². The highest BCUT2D eigenvalue weighted by Crippen LogP contribution is 2.62. The Morgan fingerprint density at radius 1 is 1.38 bits per heavy atom. The van der Waals surface area contributed by atoms with Gasteiger partial charge in [0.25, 0.3) is 0 Å². The average Bonchev–Trinajstić information content (AvgIpc) is 2.58. The van der Waals surface area contributed by atoms with Crippen molar-refractivity contribution in [3.05, 3.63) is 0 Å². The normalized spacial score (nSPS) is 30.7. The maximum absolute atomic E-state index is 12.1. The van der Waals surface area contributed by atoms with Crippen LogP contribution in [0.15, 0.2) is 0 Å². The van der Waals surface area contributed by atoms with Crippen molar-refractivity contribution >= 4 is 18.3 Å². The predicted molar refractivity (Wildman–Crippen MR) is 67.4 cm³/mol. The van der Waals surface area contributed by atoms with Crippen molar-refractivity contribution in [2.75, 3.05) is 19.6 Å². The molecule has 2 atom stereocenters. The molecule has 0 aromatic heterocycles. The molecule has 1 saturated heterocycles. The van der Waals surface area contributed by atoms with E-state index in [1.165, 1.54) is 0 Å².